The number of rotatable bonds is 4. The van der Waals surface area contributed by atoms with E-state index < -0.39 is 0 Å². The molecule has 0 aliphatic carbocycles. The average Bonchev–Trinajstić information content (AvgIpc) is 2.89. The summed E-state index contributed by atoms with van der Waals surface area (Å²) in [5.41, 5.74) is 3.64. The molecule has 5 nitrogen and oxygen atoms in total. The van der Waals surface area contributed by atoms with Gasteiger partial charge in [-0.05, 0) is 54.4 Å². The summed E-state index contributed by atoms with van der Waals surface area (Å²) < 4.78 is 13.3. The van der Waals surface area contributed by atoms with Crippen LogP contribution < -0.4 is 10.2 Å². The Morgan fingerprint density at radius 1 is 1.10 bits per heavy atom. The van der Waals surface area contributed by atoms with Gasteiger partial charge in [0.05, 0.1) is 23.5 Å². The summed E-state index contributed by atoms with van der Waals surface area (Å²) in [6.45, 7) is 1.64. The molecule has 0 aromatic heterocycles. The summed E-state index contributed by atoms with van der Waals surface area (Å²) >= 11 is 6.13. The zero-order chi connectivity index (χ0) is 22.0. The van der Waals surface area contributed by atoms with Crippen molar-refractivity contribution in [3.05, 3.63) is 88.7 Å². The average molecular weight is 436 g/mol. The maximum absolute atomic E-state index is 13.3. The molecule has 0 fully saturated rings. The Morgan fingerprint density at radius 2 is 1.84 bits per heavy atom. The summed E-state index contributed by atoms with van der Waals surface area (Å²) in [7, 11) is 0. The molecule has 0 atom stereocenters. The van der Waals surface area contributed by atoms with E-state index in [0.717, 1.165) is 5.56 Å². The summed E-state index contributed by atoms with van der Waals surface area (Å²) in [6.07, 6.45) is -0.0101. The third kappa shape index (κ3) is 4.49. The molecule has 1 aliphatic rings. The number of amides is 2. The van der Waals surface area contributed by atoms with E-state index >= 15 is 0 Å². The van der Waals surface area contributed by atoms with Crippen LogP contribution >= 0.6 is 11.6 Å². The summed E-state index contributed by atoms with van der Waals surface area (Å²) in [5.74, 6) is -0.982. The van der Waals surface area contributed by atoms with Crippen LogP contribution in [0.15, 0.2) is 71.7 Å². The largest absolute Gasteiger partial charge is 0.324 e. The molecule has 2 amide bonds. The summed E-state index contributed by atoms with van der Waals surface area (Å²) in [5, 5.41) is 3.37. The predicted octanol–water partition coefficient (Wildman–Crippen LogP) is 5.28. The van der Waals surface area contributed by atoms with Crippen LogP contribution in [0.3, 0.4) is 0 Å². The lowest BCUT2D eigenvalue weighted by Crippen LogP contribution is -2.38. The Kier molecular flexibility index (Phi) is 5.82. The number of halogens is 2. The minimum atomic E-state index is -0.362. The van der Waals surface area contributed by atoms with Gasteiger partial charge in [0, 0.05) is 10.7 Å². The van der Waals surface area contributed by atoms with Crippen LogP contribution in [0.1, 0.15) is 17.5 Å². The molecule has 1 heterocycles. The molecule has 31 heavy (non-hydrogen) atoms. The van der Waals surface area contributed by atoms with E-state index in [4.69, 9.17) is 11.6 Å². The van der Waals surface area contributed by atoms with Gasteiger partial charge >= 0.3 is 0 Å². The van der Waals surface area contributed by atoms with E-state index in [9.17, 15) is 14.0 Å². The Hall–Kier alpha value is -3.51. The first-order valence-electron chi connectivity index (χ1n) is 9.70. The number of para-hydroxylation sites is 2. The Morgan fingerprint density at radius 3 is 2.61 bits per heavy atom. The van der Waals surface area contributed by atoms with Crippen molar-refractivity contribution in [3.8, 4) is 0 Å². The highest BCUT2D eigenvalue weighted by molar-refractivity contribution is 6.31. The molecule has 0 saturated heterocycles. The standard InChI is InChI=1S/C24H19ClFN3O2/c1-15-18(25)5-4-7-19(15)28-23(30)14-29-22-8-3-2-6-20(22)27-21(13-24(29)31)16-9-11-17(26)12-10-16/h2-12H,13-14H2,1H3,(H,28,30). The second-order valence-corrected chi connectivity index (χ2v) is 7.58. The van der Waals surface area contributed by atoms with E-state index in [1.165, 1.54) is 17.0 Å². The molecule has 0 unspecified atom stereocenters. The van der Waals surface area contributed by atoms with Crippen LogP contribution in [0, 0.1) is 12.7 Å². The number of anilines is 2. The smallest absolute Gasteiger partial charge is 0.244 e. The van der Waals surface area contributed by atoms with Crippen molar-refractivity contribution >= 4 is 46.2 Å². The first-order chi connectivity index (χ1) is 14.9. The van der Waals surface area contributed by atoms with Crippen molar-refractivity contribution in [2.45, 2.75) is 13.3 Å². The van der Waals surface area contributed by atoms with Crippen LogP contribution in [0.2, 0.25) is 5.02 Å². The van der Waals surface area contributed by atoms with Gasteiger partial charge in [-0.3, -0.25) is 14.6 Å². The molecule has 0 spiro atoms. The Labute approximate surface area is 184 Å². The topological polar surface area (TPSA) is 61.8 Å². The predicted molar refractivity (Wildman–Crippen MR) is 121 cm³/mol. The number of nitrogens with one attached hydrogen (secondary N) is 1. The molecule has 7 heteroatoms. The number of carbonyl (C=O) groups is 2. The highest BCUT2D eigenvalue weighted by Crippen LogP contribution is 2.33. The molecule has 0 radical (unpaired) electrons. The minimum absolute atomic E-state index is 0.0101. The van der Waals surface area contributed by atoms with Crippen molar-refractivity contribution in [2.75, 3.05) is 16.8 Å². The van der Waals surface area contributed by atoms with Gasteiger partial charge in [0.25, 0.3) is 0 Å². The Bertz CT molecular complexity index is 1190. The number of hydrogen-bond donors (Lipinski definition) is 1. The molecule has 0 saturated carbocycles. The molecular weight excluding hydrogens is 417 g/mol. The molecule has 156 valence electrons. The van der Waals surface area contributed by atoms with Crippen molar-refractivity contribution in [1.82, 2.24) is 0 Å². The van der Waals surface area contributed by atoms with E-state index in [1.54, 1.807) is 48.5 Å². The fourth-order valence-corrected chi connectivity index (χ4v) is 3.58. The number of carbonyl (C=O) groups excluding carboxylic acids is 2. The molecule has 3 aromatic rings. The molecule has 3 aromatic carbocycles. The van der Waals surface area contributed by atoms with Crippen molar-refractivity contribution in [1.29, 1.82) is 0 Å². The van der Waals surface area contributed by atoms with Gasteiger partial charge in [0.1, 0.15) is 12.4 Å². The SMILES string of the molecule is Cc1c(Cl)cccc1NC(=O)CN1C(=O)CC(c2ccc(F)cc2)=Nc2ccccc21. The van der Waals surface area contributed by atoms with Gasteiger partial charge in [0.2, 0.25) is 11.8 Å². The lowest BCUT2D eigenvalue weighted by atomic mass is 10.1. The number of benzene rings is 3. The number of aliphatic imine (C=N–C) groups is 1. The van der Waals surface area contributed by atoms with E-state index in [0.29, 0.717) is 33.4 Å². The minimum Gasteiger partial charge on any atom is -0.324 e. The fourth-order valence-electron chi connectivity index (χ4n) is 3.40. The first-order valence-corrected chi connectivity index (χ1v) is 10.1. The second-order valence-electron chi connectivity index (χ2n) is 7.17. The highest BCUT2D eigenvalue weighted by Gasteiger charge is 2.26. The molecule has 1 N–H and O–H groups in total. The van der Waals surface area contributed by atoms with Crippen molar-refractivity contribution in [3.63, 3.8) is 0 Å². The Balaban J connectivity index is 1.61. The third-order valence-corrected chi connectivity index (χ3v) is 5.48. The molecule has 0 bridgehead atoms. The maximum atomic E-state index is 13.3. The quantitative estimate of drug-likeness (QED) is 0.605. The number of hydrogen-bond acceptors (Lipinski definition) is 3. The molecular formula is C24H19ClFN3O2. The van der Waals surface area contributed by atoms with Gasteiger partial charge in [-0.1, -0.05) is 41.9 Å². The van der Waals surface area contributed by atoms with Gasteiger partial charge in [-0.25, -0.2) is 4.39 Å². The van der Waals surface area contributed by atoms with Crippen LogP contribution in [0.4, 0.5) is 21.5 Å². The van der Waals surface area contributed by atoms with Crippen LogP contribution in [0.5, 0.6) is 0 Å². The zero-order valence-electron chi connectivity index (χ0n) is 16.7. The van der Waals surface area contributed by atoms with Crippen LogP contribution in [0.25, 0.3) is 0 Å². The van der Waals surface area contributed by atoms with Gasteiger partial charge < -0.3 is 10.2 Å². The van der Waals surface area contributed by atoms with Crippen LogP contribution in [-0.2, 0) is 9.59 Å². The van der Waals surface area contributed by atoms with Crippen molar-refractivity contribution in [2.24, 2.45) is 4.99 Å². The van der Waals surface area contributed by atoms with Crippen LogP contribution in [-0.4, -0.2) is 24.1 Å². The van der Waals surface area contributed by atoms with Gasteiger partial charge in [0.15, 0.2) is 0 Å². The molecule has 1 aliphatic heterocycles. The highest BCUT2D eigenvalue weighted by atomic mass is 35.5. The monoisotopic (exact) mass is 435 g/mol. The lowest BCUT2D eigenvalue weighted by molar-refractivity contribution is -0.120. The zero-order valence-corrected chi connectivity index (χ0v) is 17.5. The fraction of sp³-hybridized carbons (Fsp3) is 0.125. The number of nitrogens with zero attached hydrogens (tertiary/aromatic N) is 2. The first kappa shape index (κ1) is 20.8. The number of fused-ring (bicyclic) bond motifs is 1. The van der Waals surface area contributed by atoms with Crippen molar-refractivity contribution < 1.29 is 14.0 Å². The second kappa shape index (κ2) is 8.70. The summed E-state index contributed by atoms with van der Waals surface area (Å²) in [4.78, 5) is 31.9. The van der Waals surface area contributed by atoms with Gasteiger partial charge in [-0.2, -0.15) is 0 Å². The summed E-state index contributed by atoms with van der Waals surface area (Å²) in [6, 6.07) is 18.2. The third-order valence-electron chi connectivity index (χ3n) is 5.07. The van der Waals surface area contributed by atoms with E-state index in [1.807, 2.05) is 13.0 Å². The van der Waals surface area contributed by atoms with Gasteiger partial charge in [-0.15, -0.1) is 0 Å². The lowest BCUT2D eigenvalue weighted by Gasteiger charge is -2.22. The maximum Gasteiger partial charge on any atom is 0.244 e. The van der Waals surface area contributed by atoms with E-state index in [2.05, 4.69) is 10.3 Å². The normalized spacial score (nSPS) is 13.3. The van der Waals surface area contributed by atoms with E-state index in [-0.39, 0.29) is 30.6 Å². The molecule has 4 rings (SSSR count).